The highest BCUT2D eigenvalue weighted by molar-refractivity contribution is 6.02. The summed E-state index contributed by atoms with van der Waals surface area (Å²) in [6.07, 6.45) is 4.46. The molecule has 0 unspecified atom stereocenters. The fourth-order valence-electron chi connectivity index (χ4n) is 2.40. The Hall–Kier alpha value is -3.79. The molecule has 1 N–H and O–H groups in total. The van der Waals surface area contributed by atoms with E-state index in [1.54, 1.807) is 6.08 Å². The summed E-state index contributed by atoms with van der Waals surface area (Å²) in [5.41, 5.74) is 2.66. The second-order valence-electron chi connectivity index (χ2n) is 5.61. The van der Waals surface area contributed by atoms with Crippen molar-refractivity contribution in [3.8, 4) is 12.0 Å². The first-order chi connectivity index (χ1) is 12.6. The van der Waals surface area contributed by atoms with Gasteiger partial charge < -0.3 is 5.32 Å². The number of rotatable bonds is 4. The van der Waals surface area contributed by atoms with Crippen molar-refractivity contribution in [2.45, 2.75) is 13.8 Å². The van der Waals surface area contributed by atoms with Crippen LogP contribution in [-0.2, 0) is 4.79 Å². The van der Waals surface area contributed by atoms with Crippen LogP contribution < -0.4 is 5.32 Å². The monoisotopic (exact) mass is 344 g/mol. The fourth-order valence-corrected chi connectivity index (χ4v) is 2.40. The molecule has 0 aliphatic rings. The van der Waals surface area contributed by atoms with Crippen molar-refractivity contribution in [2.24, 2.45) is 0 Å². The lowest BCUT2D eigenvalue weighted by Crippen LogP contribution is -2.15. The fraction of sp³-hybridized carbons (Fsp3) is 0.105. The Kier molecular flexibility index (Phi) is 4.85. The quantitative estimate of drug-likeness (QED) is 0.734. The zero-order valence-corrected chi connectivity index (χ0v) is 14.3. The third-order valence-corrected chi connectivity index (χ3v) is 3.52. The zero-order chi connectivity index (χ0) is 18.5. The summed E-state index contributed by atoms with van der Waals surface area (Å²) in [6, 6.07) is 13.3. The molecule has 0 atom stereocenters. The van der Waals surface area contributed by atoms with E-state index in [-0.39, 0.29) is 17.3 Å². The number of anilines is 1. The first-order valence-electron chi connectivity index (χ1n) is 7.91. The molecule has 0 saturated carbocycles. The lowest BCUT2D eigenvalue weighted by Gasteiger charge is -2.08. The van der Waals surface area contributed by atoms with Gasteiger partial charge in [0.05, 0.1) is 6.20 Å². The Balaban J connectivity index is 1.90. The van der Waals surface area contributed by atoms with Crippen LogP contribution in [0.4, 0.5) is 5.82 Å². The van der Waals surface area contributed by atoms with Crippen LogP contribution in [-0.4, -0.2) is 25.7 Å². The van der Waals surface area contributed by atoms with Crippen molar-refractivity contribution in [3.05, 3.63) is 71.2 Å². The Morgan fingerprint density at radius 2 is 1.88 bits per heavy atom. The highest BCUT2D eigenvalue weighted by atomic mass is 16.1. The average molecular weight is 344 g/mol. The third-order valence-electron chi connectivity index (χ3n) is 3.52. The maximum atomic E-state index is 12.3. The topological polar surface area (TPSA) is 96.5 Å². The Bertz CT molecular complexity index is 994. The molecule has 0 fully saturated rings. The molecule has 0 bridgehead atoms. The van der Waals surface area contributed by atoms with Crippen molar-refractivity contribution < 1.29 is 4.79 Å². The van der Waals surface area contributed by atoms with Crippen molar-refractivity contribution in [3.63, 3.8) is 0 Å². The van der Waals surface area contributed by atoms with E-state index < -0.39 is 0 Å². The normalized spacial score (nSPS) is 10.7. The zero-order valence-electron chi connectivity index (χ0n) is 14.3. The molecule has 2 aromatic heterocycles. The van der Waals surface area contributed by atoms with Gasteiger partial charge in [-0.2, -0.15) is 15.0 Å². The minimum absolute atomic E-state index is 0.231. The molecule has 0 aliphatic carbocycles. The van der Waals surface area contributed by atoms with Crippen LogP contribution in [0.2, 0.25) is 0 Å². The Morgan fingerprint density at radius 1 is 1.19 bits per heavy atom. The number of hydrogen-bond donors (Lipinski definition) is 1. The number of aryl methyl sites for hydroxylation is 2. The average Bonchev–Trinajstić information content (AvgIpc) is 3.02. The van der Waals surface area contributed by atoms with Crippen molar-refractivity contribution in [2.75, 3.05) is 5.32 Å². The van der Waals surface area contributed by atoms with Gasteiger partial charge in [-0.25, -0.2) is 9.97 Å². The van der Waals surface area contributed by atoms with Crippen LogP contribution in [0.15, 0.2) is 48.7 Å². The van der Waals surface area contributed by atoms with E-state index >= 15 is 0 Å². The second kappa shape index (κ2) is 7.40. The van der Waals surface area contributed by atoms with Gasteiger partial charge in [0.2, 0.25) is 5.91 Å². The van der Waals surface area contributed by atoms with E-state index in [1.807, 2.05) is 56.3 Å². The summed E-state index contributed by atoms with van der Waals surface area (Å²) in [7, 11) is 0. The highest BCUT2D eigenvalue weighted by Crippen LogP contribution is 2.18. The number of amides is 1. The van der Waals surface area contributed by atoms with Crippen LogP contribution in [0, 0.1) is 25.2 Å². The summed E-state index contributed by atoms with van der Waals surface area (Å²) in [5, 5.41) is 16.1. The standard InChI is InChI=1S/C19H16N6O/c1-13-10-14(2)23-19(22-13)25-18(16(11-20)12-21-25)24-17(26)9-8-15-6-4-3-5-7-15/h3-10,12H,1-2H3,(H,24,26)/b9-8+. The predicted molar refractivity (Wildman–Crippen MR) is 97.4 cm³/mol. The Morgan fingerprint density at radius 3 is 2.54 bits per heavy atom. The lowest BCUT2D eigenvalue weighted by molar-refractivity contribution is -0.111. The lowest BCUT2D eigenvalue weighted by atomic mass is 10.2. The molecule has 0 radical (unpaired) electrons. The van der Waals surface area contributed by atoms with Crippen molar-refractivity contribution in [1.29, 1.82) is 5.26 Å². The number of benzene rings is 1. The van der Waals surface area contributed by atoms with Crippen LogP contribution in [0.25, 0.3) is 12.0 Å². The molecule has 2 heterocycles. The number of nitrogens with one attached hydrogen (secondary N) is 1. The molecule has 1 aromatic carbocycles. The summed E-state index contributed by atoms with van der Waals surface area (Å²) in [6.45, 7) is 3.68. The van der Waals surface area contributed by atoms with Gasteiger partial charge in [0.25, 0.3) is 5.95 Å². The molecule has 0 spiro atoms. The van der Waals surface area contributed by atoms with E-state index in [4.69, 9.17) is 0 Å². The highest BCUT2D eigenvalue weighted by Gasteiger charge is 2.16. The van der Waals surface area contributed by atoms with Gasteiger partial charge in [0.1, 0.15) is 11.6 Å². The van der Waals surface area contributed by atoms with Crippen LogP contribution in [0.3, 0.4) is 0 Å². The molecule has 1 amide bonds. The molecule has 128 valence electrons. The molecule has 26 heavy (non-hydrogen) atoms. The number of hydrogen-bond acceptors (Lipinski definition) is 5. The molecule has 7 nitrogen and oxygen atoms in total. The van der Waals surface area contributed by atoms with Crippen molar-refractivity contribution >= 4 is 17.8 Å². The van der Waals surface area contributed by atoms with E-state index in [0.717, 1.165) is 17.0 Å². The van der Waals surface area contributed by atoms with Crippen molar-refractivity contribution in [1.82, 2.24) is 19.7 Å². The summed E-state index contributed by atoms with van der Waals surface area (Å²) < 4.78 is 1.35. The molecular formula is C19H16N6O. The molecule has 0 aliphatic heterocycles. The van der Waals surface area contributed by atoms with Gasteiger partial charge in [-0.1, -0.05) is 30.3 Å². The maximum Gasteiger partial charge on any atom is 0.252 e. The van der Waals surface area contributed by atoms with Crippen LogP contribution in [0.1, 0.15) is 22.5 Å². The van der Waals surface area contributed by atoms with E-state index in [9.17, 15) is 10.1 Å². The van der Waals surface area contributed by atoms with Crippen LogP contribution in [0.5, 0.6) is 0 Å². The number of nitrogens with zero attached hydrogens (tertiary/aromatic N) is 5. The van der Waals surface area contributed by atoms with Gasteiger partial charge >= 0.3 is 0 Å². The maximum absolute atomic E-state index is 12.3. The van der Waals surface area contributed by atoms with E-state index in [2.05, 4.69) is 20.4 Å². The summed E-state index contributed by atoms with van der Waals surface area (Å²) in [4.78, 5) is 20.9. The van der Waals surface area contributed by atoms with E-state index in [1.165, 1.54) is 17.0 Å². The van der Waals surface area contributed by atoms with Gasteiger partial charge in [-0.15, -0.1) is 0 Å². The number of nitriles is 1. The van der Waals surface area contributed by atoms with Gasteiger partial charge in [-0.3, -0.25) is 4.79 Å². The Labute approximate surface area is 150 Å². The molecule has 7 heteroatoms. The first kappa shape index (κ1) is 17.0. The van der Waals surface area contributed by atoms with Gasteiger partial charge in [0.15, 0.2) is 5.82 Å². The number of carbonyl (C=O) groups excluding carboxylic acids is 1. The number of carbonyl (C=O) groups is 1. The summed E-state index contributed by atoms with van der Waals surface area (Å²) in [5.74, 6) is 0.156. The van der Waals surface area contributed by atoms with E-state index in [0.29, 0.717) is 5.95 Å². The SMILES string of the molecule is Cc1cc(C)nc(-n2ncc(C#N)c2NC(=O)/C=C/c2ccccc2)n1. The minimum atomic E-state index is -0.378. The smallest absolute Gasteiger partial charge is 0.252 e. The minimum Gasteiger partial charge on any atom is -0.306 e. The third kappa shape index (κ3) is 3.82. The second-order valence-corrected chi connectivity index (χ2v) is 5.61. The molecule has 3 rings (SSSR count). The largest absolute Gasteiger partial charge is 0.306 e. The predicted octanol–water partition coefficient (Wildman–Crippen LogP) is 2.80. The first-order valence-corrected chi connectivity index (χ1v) is 7.91. The van der Waals surface area contributed by atoms with Crippen LogP contribution >= 0.6 is 0 Å². The molecule has 3 aromatic rings. The summed E-state index contributed by atoms with van der Waals surface area (Å²) >= 11 is 0. The molecular weight excluding hydrogens is 328 g/mol. The van der Waals surface area contributed by atoms with Gasteiger partial charge in [0, 0.05) is 17.5 Å². The van der Waals surface area contributed by atoms with Gasteiger partial charge in [-0.05, 0) is 31.6 Å². The number of aromatic nitrogens is 4. The molecule has 0 saturated heterocycles.